The second-order valence-corrected chi connectivity index (χ2v) is 6.37. The normalized spacial score (nSPS) is 25.1. The van der Waals surface area contributed by atoms with Crippen LogP contribution in [0.3, 0.4) is 0 Å². The fourth-order valence-corrected chi connectivity index (χ4v) is 3.08. The molecule has 0 aliphatic heterocycles. The maximum atomic E-state index is 5.84. The Balaban J connectivity index is 1.97. The van der Waals surface area contributed by atoms with Crippen LogP contribution in [0.15, 0.2) is 24.3 Å². The molecule has 2 rings (SSSR count). The molecule has 1 unspecified atom stereocenters. The first-order valence-electron chi connectivity index (χ1n) is 7.63. The molecule has 1 aliphatic rings. The van der Waals surface area contributed by atoms with Crippen molar-refractivity contribution in [2.24, 2.45) is 11.7 Å². The van der Waals surface area contributed by atoms with Crippen LogP contribution >= 0.6 is 0 Å². The summed E-state index contributed by atoms with van der Waals surface area (Å²) in [5.74, 6) is 0.915. The number of hydrogen-bond donors (Lipinski definition) is 1. The molecule has 1 fully saturated rings. The Morgan fingerprint density at radius 3 is 2.26 bits per heavy atom. The Kier molecular flexibility index (Phi) is 4.87. The molecule has 1 aliphatic carbocycles. The first kappa shape index (κ1) is 14.4. The highest BCUT2D eigenvalue weighted by Gasteiger charge is 2.21. The number of nitrogens with two attached hydrogens (primary N) is 1. The molecule has 0 heterocycles. The van der Waals surface area contributed by atoms with Crippen molar-refractivity contribution >= 4 is 5.69 Å². The van der Waals surface area contributed by atoms with Crippen LogP contribution in [0.5, 0.6) is 0 Å². The second-order valence-electron chi connectivity index (χ2n) is 6.37. The van der Waals surface area contributed by atoms with Crippen LogP contribution in [0.25, 0.3) is 0 Å². The zero-order valence-electron chi connectivity index (χ0n) is 12.6. The summed E-state index contributed by atoms with van der Waals surface area (Å²) in [6.45, 7) is 4.43. The highest BCUT2D eigenvalue weighted by Crippen LogP contribution is 2.29. The summed E-state index contributed by atoms with van der Waals surface area (Å²) in [6, 6.07) is 9.89. The van der Waals surface area contributed by atoms with Gasteiger partial charge in [0.05, 0.1) is 0 Å². The summed E-state index contributed by atoms with van der Waals surface area (Å²) < 4.78 is 0. The van der Waals surface area contributed by atoms with Gasteiger partial charge in [-0.15, -0.1) is 0 Å². The first-order valence-corrected chi connectivity index (χ1v) is 7.63. The fourth-order valence-electron chi connectivity index (χ4n) is 3.08. The zero-order valence-corrected chi connectivity index (χ0v) is 12.6. The lowest BCUT2D eigenvalue weighted by molar-refractivity contribution is 0.341. The average molecular weight is 260 g/mol. The van der Waals surface area contributed by atoms with E-state index in [4.69, 9.17) is 5.73 Å². The second kappa shape index (κ2) is 6.42. The topological polar surface area (TPSA) is 29.3 Å². The van der Waals surface area contributed by atoms with Crippen LogP contribution in [-0.4, -0.2) is 19.1 Å². The Hall–Kier alpha value is -1.02. The van der Waals surface area contributed by atoms with Gasteiger partial charge >= 0.3 is 0 Å². The van der Waals surface area contributed by atoms with Gasteiger partial charge in [-0.3, -0.25) is 0 Å². The van der Waals surface area contributed by atoms with Gasteiger partial charge in [0.15, 0.2) is 0 Å². The number of benzene rings is 1. The van der Waals surface area contributed by atoms with Gasteiger partial charge in [0.1, 0.15) is 0 Å². The maximum Gasteiger partial charge on any atom is 0.0366 e. The van der Waals surface area contributed by atoms with Crippen molar-refractivity contribution in [1.82, 2.24) is 0 Å². The molecule has 1 aromatic carbocycles. The molecule has 0 amide bonds. The first-order chi connectivity index (χ1) is 9.06. The van der Waals surface area contributed by atoms with Crippen LogP contribution < -0.4 is 10.6 Å². The SMILES string of the molecule is CC(N)Cc1ccc(N(C)C2CCC(C)CC2)cc1. The van der Waals surface area contributed by atoms with E-state index < -0.39 is 0 Å². The van der Waals surface area contributed by atoms with E-state index in [9.17, 15) is 0 Å². The highest BCUT2D eigenvalue weighted by molar-refractivity contribution is 5.48. The molecule has 2 heteroatoms. The Bertz CT molecular complexity index is 375. The van der Waals surface area contributed by atoms with Gasteiger partial charge in [-0.1, -0.05) is 19.1 Å². The molecule has 19 heavy (non-hydrogen) atoms. The van der Waals surface area contributed by atoms with Gasteiger partial charge < -0.3 is 10.6 Å². The summed E-state index contributed by atoms with van der Waals surface area (Å²) >= 11 is 0. The molecule has 0 spiro atoms. The standard InChI is InChI=1S/C17H28N2/c1-13-4-8-16(9-5-13)19(3)17-10-6-15(7-11-17)12-14(2)18/h6-7,10-11,13-14,16H,4-5,8-9,12,18H2,1-3H3. The van der Waals surface area contributed by atoms with Gasteiger partial charge in [-0.05, 0) is 62.6 Å². The van der Waals surface area contributed by atoms with Crippen molar-refractivity contribution in [3.8, 4) is 0 Å². The van der Waals surface area contributed by atoms with E-state index in [1.807, 2.05) is 0 Å². The summed E-state index contributed by atoms with van der Waals surface area (Å²) in [5, 5.41) is 0. The molecule has 1 aromatic rings. The van der Waals surface area contributed by atoms with E-state index in [0.717, 1.165) is 18.4 Å². The number of hydrogen-bond acceptors (Lipinski definition) is 2. The number of nitrogens with zero attached hydrogens (tertiary/aromatic N) is 1. The van der Waals surface area contributed by atoms with Crippen molar-refractivity contribution in [1.29, 1.82) is 0 Å². The third kappa shape index (κ3) is 3.97. The molecule has 1 saturated carbocycles. The Morgan fingerprint density at radius 2 is 1.74 bits per heavy atom. The molecule has 0 bridgehead atoms. The quantitative estimate of drug-likeness (QED) is 0.896. The third-order valence-electron chi connectivity index (χ3n) is 4.43. The average Bonchev–Trinajstić information content (AvgIpc) is 2.39. The van der Waals surface area contributed by atoms with Crippen molar-refractivity contribution in [3.05, 3.63) is 29.8 Å². The van der Waals surface area contributed by atoms with Gasteiger partial charge in [-0.2, -0.15) is 0 Å². The van der Waals surface area contributed by atoms with E-state index in [0.29, 0.717) is 0 Å². The minimum Gasteiger partial charge on any atom is -0.372 e. The highest BCUT2D eigenvalue weighted by atomic mass is 15.1. The molecular weight excluding hydrogens is 232 g/mol. The summed E-state index contributed by atoms with van der Waals surface area (Å²) in [5.41, 5.74) is 8.52. The molecule has 2 nitrogen and oxygen atoms in total. The molecule has 0 radical (unpaired) electrons. The maximum absolute atomic E-state index is 5.84. The number of rotatable bonds is 4. The van der Waals surface area contributed by atoms with E-state index in [-0.39, 0.29) is 6.04 Å². The van der Waals surface area contributed by atoms with Gasteiger partial charge in [-0.25, -0.2) is 0 Å². The largest absolute Gasteiger partial charge is 0.372 e. The molecule has 2 N–H and O–H groups in total. The van der Waals surface area contributed by atoms with Crippen molar-refractivity contribution in [2.75, 3.05) is 11.9 Å². The van der Waals surface area contributed by atoms with E-state index >= 15 is 0 Å². The number of anilines is 1. The monoisotopic (exact) mass is 260 g/mol. The summed E-state index contributed by atoms with van der Waals surface area (Å²) in [7, 11) is 2.24. The lowest BCUT2D eigenvalue weighted by Gasteiger charge is -2.35. The smallest absolute Gasteiger partial charge is 0.0366 e. The van der Waals surface area contributed by atoms with E-state index in [1.165, 1.54) is 36.9 Å². The van der Waals surface area contributed by atoms with Crippen molar-refractivity contribution in [3.63, 3.8) is 0 Å². The predicted molar refractivity (Wildman–Crippen MR) is 83.6 cm³/mol. The Labute approximate surface area is 118 Å². The van der Waals surface area contributed by atoms with E-state index in [2.05, 4.69) is 50.1 Å². The van der Waals surface area contributed by atoms with Gasteiger partial charge in [0.25, 0.3) is 0 Å². The summed E-state index contributed by atoms with van der Waals surface area (Å²) in [6.07, 6.45) is 6.37. The zero-order chi connectivity index (χ0) is 13.8. The van der Waals surface area contributed by atoms with E-state index in [1.54, 1.807) is 0 Å². The van der Waals surface area contributed by atoms with Crippen LogP contribution in [0, 0.1) is 5.92 Å². The minimum atomic E-state index is 0.239. The molecule has 106 valence electrons. The summed E-state index contributed by atoms with van der Waals surface area (Å²) in [4.78, 5) is 2.46. The molecule has 0 saturated heterocycles. The molecule has 1 atom stereocenters. The van der Waals surface area contributed by atoms with Crippen LogP contribution in [0.2, 0.25) is 0 Å². The van der Waals surface area contributed by atoms with Gasteiger partial charge in [0.2, 0.25) is 0 Å². The van der Waals surface area contributed by atoms with Crippen LogP contribution in [0.1, 0.15) is 45.1 Å². The fraction of sp³-hybridized carbons (Fsp3) is 0.647. The lowest BCUT2D eigenvalue weighted by Crippen LogP contribution is -2.34. The molecule has 0 aromatic heterocycles. The lowest BCUT2D eigenvalue weighted by atomic mass is 9.86. The van der Waals surface area contributed by atoms with Crippen molar-refractivity contribution < 1.29 is 0 Å². The van der Waals surface area contributed by atoms with Crippen molar-refractivity contribution in [2.45, 2.75) is 58.0 Å². The van der Waals surface area contributed by atoms with Gasteiger partial charge in [0, 0.05) is 24.8 Å². The third-order valence-corrected chi connectivity index (χ3v) is 4.43. The minimum absolute atomic E-state index is 0.239. The van der Waals surface area contributed by atoms with Crippen LogP contribution in [-0.2, 0) is 6.42 Å². The van der Waals surface area contributed by atoms with Crippen LogP contribution in [0.4, 0.5) is 5.69 Å². The molecular formula is C17H28N2. The Morgan fingerprint density at radius 1 is 1.16 bits per heavy atom. The predicted octanol–water partition coefficient (Wildman–Crippen LogP) is 3.59.